The van der Waals surface area contributed by atoms with Crippen molar-refractivity contribution in [3.05, 3.63) is 0 Å². The summed E-state index contributed by atoms with van der Waals surface area (Å²) in [5.41, 5.74) is 0. The molecule has 1 atom stereocenters. The lowest BCUT2D eigenvalue weighted by atomic mass is 9.93. The minimum absolute atomic E-state index is 0.0856. The summed E-state index contributed by atoms with van der Waals surface area (Å²) in [4.78, 5) is 28.8. The molecule has 1 unspecified atom stereocenters. The van der Waals surface area contributed by atoms with Gasteiger partial charge in [-0.15, -0.1) is 0 Å². The Bertz CT molecular complexity index is 438. The van der Waals surface area contributed by atoms with Crippen LogP contribution in [-0.4, -0.2) is 73.0 Å². The van der Waals surface area contributed by atoms with E-state index in [0.717, 1.165) is 58.5 Å². The minimum atomic E-state index is -0.0856. The molecule has 0 aromatic rings. The van der Waals surface area contributed by atoms with E-state index in [1.165, 1.54) is 12.8 Å². The summed E-state index contributed by atoms with van der Waals surface area (Å²) in [6.07, 6.45) is 6.36. The van der Waals surface area contributed by atoms with Gasteiger partial charge in [-0.1, -0.05) is 0 Å². The van der Waals surface area contributed by atoms with Crippen LogP contribution in [0.15, 0.2) is 0 Å². The van der Waals surface area contributed by atoms with Crippen LogP contribution in [0.5, 0.6) is 0 Å². The van der Waals surface area contributed by atoms with Gasteiger partial charge in [0.1, 0.15) is 0 Å². The molecule has 1 saturated carbocycles. The number of piperazine rings is 1. The van der Waals surface area contributed by atoms with Gasteiger partial charge in [-0.25, -0.2) is 0 Å². The van der Waals surface area contributed by atoms with Crippen molar-refractivity contribution in [2.45, 2.75) is 57.5 Å². The molecule has 0 radical (unpaired) electrons. The molecule has 0 bridgehead atoms. The summed E-state index contributed by atoms with van der Waals surface area (Å²) in [7, 11) is 0. The van der Waals surface area contributed by atoms with Crippen molar-refractivity contribution in [1.29, 1.82) is 0 Å². The molecular weight excluding hydrogens is 304 g/mol. The molecular formula is C18H32N4O2. The first-order valence-corrected chi connectivity index (χ1v) is 9.66. The van der Waals surface area contributed by atoms with Crippen molar-refractivity contribution >= 4 is 11.8 Å². The monoisotopic (exact) mass is 336 g/mol. The van der Waals surface area contributed by atoms with E-state index in [1.807, 2.05) is 11.8 Å². The summed E-state index contributed by atoms with van der Waals surface area (Å²) >= 11 is 0. The molecule has 1 aliphatic carbocycles. The van der Waals surface area contributed by atoms with E-state index >= 15 is 0 Å². The lowest BCUT2D eigenvalue weighted by Crippen LogP contribution is -2.55. The van der Waals surface area contributed by atoms with E-state index in [9.17, 15) is 9.59 Å². The predicted molar refractivity (Wildman–Crippen MR) is 93.6 cm³/mol. The maximum absolute atomic E-state index is 12.4. The molecule has 2 saturated heterocycles. The topological polar surface area (TPSA) is 64.7 Å². The number of carbonyl (C=O) groups excluding carboxylic acids is 2. The van der Waals surface area contributed by atoms with Gasteiger partial charge in [0.2, 0.25) is 11.8 Å². The molecule has 2 amide bonds. The Kier molecular flexibility index (Phi) is 6.11. The van der Waals surface area contributed by atoms with Crippen LogP contribution in [-0.2, 0) is 9.59 Å². The first kappa shape index (κ1) is 17.7. The Morgan fingerprint density at radius 3 is 2.38 bits per heavy atom. The zero-order chi connectivity index (χ0) is 16.9. The SMILES string of the molecule is CC(C(=O)NC1CC1)N1CCN(C(=O)CCC2CCNCC2)CC1. The quantitative estimate of drug-likeness (QED) is 0.745. The van der Waals surface area contributed by atoms with Crippen molar-refractivity contribution in [3.63, 3.8) is 0 Å². The van der Waals surface area contributed by atoms with Crippen molar-refractivity contribution < 1.29 is 9.59 Å². The number of nitrogens with one attached hydrogen (secondary N) is 2. The number of rotatable bonds is 6. The van der Waals surface area contributed by atoms with Gasteiger partial charge >= 0.3 is 0 Å². The Hall–Kier alpha value is -1.14. The van der Waals surface area contributed by atoms with Gasteiger partial charge in [0.25, 0.3) is 0 Å². The second-order valence-corrected chi connectivity index (χ2v) is 7.61. The van der Waals surface area contributed by atoms with Crippen molar-refractivity contribution in [3.8, 4) is 0 Å². The highest BCUT2D eigenvalue weighted by Crippen LogP contribution is 2.20. The highest BCUT2D eigenvalue weighted by Gasteiger charge is 2.30. The smallest absolute Gasteiger partial charge is 0.237 e. The highest BCUT2D eigenvalue weighted by molar-refractivity contribution is 5.82. The third-order valence-electron chi connectivity index (χ3n) is 5.74. The Balaban J connectivity index is 1.35. The summed E-state index contributed by atoms with van der Waals surface area (Å²) in [5, 5.41) is 6.45. The zero-order valence-electron chi connectivity index (χ0n) is 14.9. The third kappa shape index (κ3) is 4.93. The van der Waals surface area contributed by atoms with E-state index < -0.39 is 0 Å². The van der Waals surface area contributed by atoms with Crippen LogP contribution in [0.25, 0.3) is 0 Å². The molecule has 136 valence electrons. The summed E-state index contributed by atoms with van der Waals surface area (Å²) in [6, 6.07) is 0.329. The van der Waals surface area contributed by atoms with Gasteiger partial charge in [0.05, 0.1) is 6.04 Å². The average molecular weight is 336 g/mol. The van der Waals surface area contributed by atoms with Gasteiger partial charge in [0.15, 0.2) is 0 Å². The van der Waals surface area contributed by atoms with Crippen LogP contribution < -0.4 is 10.6 Å². The molecule has 2 heterocycles. The summed E-state index contributed by atoms with van der Waals surface area (Å²) < 4.78 is 0. The number of piperidine rings is 1. The van der Waals surface area contributed by atoms with E-state index in [2.05, 4.69) is 15.5 Å². The lowest BCUT2D eigenvalue weighted by Gasteiger charge is -2.37. The molecule has 2 N–H and O–H groups in total. The maximum Gasteiger partial charge on any atom is 0.237 e. The van der Waals surface area contributed by atoms with Gasteiger partial charge in [0, 0.05) is 38.6 Å². The standard InChI is InChI=1S/C18H32N4O2/c1-14(18(24)20-16-3-4-16)21-10-12-22(13-11-21)17(23)5-2-15-6-8-19-9-7-15/h14-16,19H,2-13H2,1H3,(H,20,24). The normalized spacial score (nSPS) is 24.6. The Labute approximate surface area is 145 Å². The first-order valence-electron chi connectivity index (χ1n) is 9.66. The fourth-order valence-electron chi connectivity index (χ4n) is 3.73. The molecule has 2 aliphatic heterocycles. The largest absolute Gasteiger partial charge is 0.352 e. The highest BCUT2D eigenvalue weighted by atomic mass is 16.2. The van der Waals surface area contributed by atoms with Crippen molar-refractivity contribution in [2.24, 2.45) is 5.92 Å². The molecule has 0 aromatic heterocycles. The van der Waals surface area contributed by atoms with Crippen LogP contribution in [0.3, 0.4) is 0 Å². The number of hydrogen-bond acceptors (Lipinski definition) is 4. The van der Waals surface area contributed by atoms with E-state index in [1.54, 1.807) is 0 Å². The number of hydrogen-bond donors (Lipinski definition) is 2. The maximum atomic E-state index is 12.4. The van der Waals surface area contributed by atoms with Crippen molar-refractivity contribution in [2.75, 3.05) is 39.3 Å². The molecule has 3 rings (SSSR count). The molecule has 6 nitrogen and oxygen atoms in total. The molecule has 3 aliphatic rings. The van der Waals surface area contributed by atoms with Crippen LogP contribution in [0, 0.1) is 5.92 Å². The molecule has 0 spiro atoms. The van der Waals surface area contributed by atoms with Crippen molar-refractivity contribution in [1.82, 2.24) is 20.4 Å². The fraction of sp³-hybridized carbons (Fsp3) is 0.889. The Morgan fingerprint density at radius 1 is 1.08 bits per heavy atom. The number of carbonyl (C=O) groups is 2. The second-order valence-electron chi connectivity index (χ2n) is 7.61. The third-order valence-corrected chi connectivity index (χ3v) is 5.74. The predicted octanol–water partition coefficient (Wildman–Crippen LogP) is 0.578. The van der Waals surface area contributed by atoms with Crippen LogP contribution in [0.4, 0.5) is 0 Å². The van der Waals surface area contributed by atoms with Gasteiger partial charge in [-0.3, -0.25) is 14.5 Å². The van der Waals surface area contributed by atoms with E-state index in [-0.39, 0.29) is 11.9 Å². The lowest BCUT2D eigenvalue weighted by molar-refractivity contribution is -0.134. The molecule has 6 heteroatoms. The minimum Gasteiger partial charge on any atom is -0.352 e. The second kappa shape index (κ2) is 8.30. The Morgan fingerprint density at radius 2 is 1.75 bits per heavy atom. The van der Waals surface area contributed by atoms with Crippen LogP contribution >= 0.6 is 0 Å². The molecule has 0 aromatic carbocycles. The first-order chi connectivity index (χ1) is 11.6. The van der Waals surface area contributed by atoms with E-state index in [0.29, 0.717) is 24.3 Å². The number of nitrogens with zero attached hydrogens (tertiary/aromatic N) is 2. The zero-order valence-corrected chi connectivity index (χ0v) is 14.9. The van der Waals surface area contributed by atoms with Crippen LogP contribution in [0.2, 0.25) is 0 Å². The van der Waals surface area contributed by atoms with Gasteiger partial charge in [-0.2, -0.15) is 0 Å². The summed E-state index contributed by atoms with van der Waals surface area (Å²) in [5.74, 6) is 1.15. The van der Waals surface area contributed by atoms with Gasteiger partial charge in [-0.05, 0) is 58.0 Å². The average Bonchev–Trinajstić information content (AvgIpc) is 3.44. The molecule has 24 heavy (non-hydrogen) atoms. The summed E-state index contributed by atoms with van der Waals surface area (Å²) in [6.45, 7) is 7.29. The fourth-order valence-corrected chi connectivity index (χ4v) is 3.73. The van der Waals surface area contributed by atoms with Crippen LogP contribution in [0.1, 0.15) is 45.4 Å². The number of amides is 2. The molecule has 3 fully saturated rings. The van der Waals surface area contributed by atoms with Gasteiger partial charge < -0.3 is 15.5 Å². The van der Waals surface area contributed by atoms with E-state index in [4.69, 9.17) is 0 Å².